The van der Waals surface area contributed by atoms with Gasteiger partial charge in [0, 0.05) is 0 Å². The first-order valence-corrected chi connectivity index (χ1v) is 8.41. The normalized spacial score (nSPS) is 10.2. The molecule has 0 aliphatic rings. The SMILES string of the molecule is N#Cc1ccccc1-c1ccc(COC(=O)c2nc(Cl)ccc2Cl)cc1. The third kappa shape index (κ3) is 4.02. The van der Waals surface area contributed by atoms with Gasteiger partial charge in [0.05, 0.1) is 16.7 Å². The second-order valence-electron chi connectivity index (χ2n) is 5.39. The number of benzene rings is 2. The number of aromatic nitrogens is 1. The summed E-state index contributed by atoms with van der Waals surface area (Å²) in [5.41, 5.74) is 3.16. The number of hydrogen-bond acceptors (Lipinski definition) is 4. The number of hydrogen-bond donors (Lipinski definition) is 0. The fraction of sp³-hybridized carbons (Fsp3) is 0.0500. The quantitative estimate of drug-likeness (QED) is 0.454. The Morgan fingerprint density at radius 3 is 2.50 bits per heavy atom. The minimum atomic E-state index is -0.642. The molecule has 0 saturated carbocycles. The summed E-state index contributed by atoms with van der Waals surface area (Å²) < 4.78 is 5.24. The molecular formula is C20H12Cl2N2O2. The van der Waals surface area contributed by atoms with Gasteiger partial charge < -0.3 is 4.74 Å². The summed E-state index contributed by atoms with van der Waals surface area (Å²) >= 11 is 11.7. The maximum atomic E-state index is 12.1. The molecule has 4 nitrogen and oxygen atoms in total. The maximum absolute atomic E-state index is 12.1. The van der Waals surface area contributed by atoms with Crippen molar-refractivity contribution in [2.45, 2.75) is 6.61 Å². The fourth-order valence-electron chi connectivity index (χ4n) is 2.39. The zero-order valence-electron chi connectivity index (χ0n) is 13.4. The molecule has 1 aromatic heterocycles. The van der Waals surface area contributed by atoms with Gasteiger partial charge in [0.25, 0.3) is 0 Å². The number of carbonyl (C=O) groups is 1. The van der Waals surface area contributed by atoms with Crippen LogP contribution in [-0.2, 0) is 11.3 Å². The second kappa shape index (κ2) is 8.01. The summed E-state index contributed by atoms with van der Waals surface area (Å²) in [7, 11) is 0. The van der Waals surface area contributed by atoms with Gasteiger partial charge in [0.15, 0.2) is 5.69 Å². The van der Waals surface area contributed by atoms with Crippen molar-refractivity contribution in [3.05, 3.63) is 87.7 Å². The van der Waals surface area contributed by atoms with Gasteiger partial charge in [0.2, 0.25) is 0 Å². The van der Waals surface area contributed by atoms with Crippen molar-refractivity contribution in [3.8, 4) is 17.2 Å². The standard InChI is InChI=1S/C20H12Cl2N2O2/c21-17-9-10-18(22)24-19(17)20(25)26-12-13-5-7-14(8-6-13)16-4-2-1-3-15(16)11-23/h1-10H,12H2. The van der Waals surface area contributed by atoms with Crippen LogP contribution in [0.1, 0.15) is 21.6 Å². The van der Waals surface area contributed by atoms with E-state index in [4.69, 9.17) is 27.9 Å². The molecule has 0 amide bonds. The zero-order chi connectivity index (χ0) is 18.5. The van der Waals surface area contributed by atoms with Crippen molar-refractivity contribution in [1.29, 1.82) is 5.26 Å². The first-order valence-electron chi connectivity index (χ1n) is 7.66. The molecule has 0 saturated heterocycles. The van der Waals surface area contributed by atoms with Crippen LogP contribution in [0.5, 0.6) is 0 Å². The van der Waals surface area contributed by atoms with E-state index in [1.165, 1.54) is 12.1 Å². The minimum Gasteiger partial charge on any atom is -0.456 e. The van der Waals surface area contributed by atoms with Crippen LogP contribution in [0.2, 0.25) is 10.2 Å². The number of halogens is 2. The average molecular weight is 383 g/mol. The third-order valence-corrected chi connectivity index (χ3v) is 4.20. The van der Waals surface area contributed by atoms with Crippen molar-refractivity contribution in [2.24, 2.45) is 0 Å². The van der Waals surface area contributed by atoms with Crippen molar-refractivity contribution in [1.82, 2.24) is 4.98 Å². The van der Waals surface area contributed by atoms with Crippen LogP contribution >= 0.6 is 23.2 Å². The van der Waals surface area contributed by atoms with Gasteiger partial charge in [-0.1, -0.05) is 65.7 Å². The number of nitrogens with zero attached hydrogens (tertiary/aromatic N) is 2. The van der Waals surface area contributed by atoms with Gasteiger partial charge in [-0.05, 0) is 34.9 Å². The lowest BCUT2D eigenvalue weighted by Crippen LogP contribution is -2.08. The average Bonchev–Trinajstić information content (AvgIpc) is 2.68. The van der Waals surface area contributed by atoms with Crippen LogP contribution in [0, 0.1) is 11.3 Å². The molecule has 0 radical (unpaired) electrons. The predicted molar refractivity (Wildman–Crippen MR) is 100.0 cm³/mol. The monoisotopic (exact) mass is 382 g/mol. The lowest BCUT2D eigenvalue weighted by atomic mass is 9.99. The van der Waals surface area contributed by atoms with E-state index in [1.54, 1.807) is 6.07 Å². The number of nitriles is 1. The molecule has 0 aliphatic carbocycles. The first kappa shape index (κ1) is 17.9. The Kier molecular flexibility index (Phi) is 5.52. The van der Waals surface area contributed by atoms with Gasteiger partial charge in [-0.2, -0.15) is 5.26 Å². The molecule has 2 aromatic carbocycles. The number of pyridine rings is 1. The van der Waals surface area contributed by atoms with E-state index < -0.39 is 5.97 Å². The Hall–Kier alpha value is -2.87. The number of ether oxygens (including phenoxy) is 1. The first-order chi connectivity index (χ1) is 12.6. The summed E-state index contributed by atoms with van der Waals surface area (Å²) in [4.78, 5) is 16.0. The molecule has 3 rings (SSSR count). The molecule has 0 fully saturated rings. The summed E-state index contributed by atoms with van der Waals surface area (Å²) in [6.07, 6.45) is 0. The maximum Gasteiger partial charge on any atom is 0.358 e. The summed E-state index contributed by atoms with van der Waals surface area (Å²) in [5.74, 6) is -0.642. The molecule has 0 bridgehead atoms. The van der Waals surface area contributed by atoms with Gasteiger partial charge in [-0.25, -0.2) is 9.78 Å². The second-order valence-corrected chi connectivity index (χ2v) is 6.19. The predicted octanol–water partition coefficient (Wildman–Crippen LogP) is 5.28. The van der Waals surface area contributed by atoms with Crippen LogP contribution < -0.4 is 0 Å². The molecule has 3 aromatic rings. The van der Waals surface area contributed by atoms with E-state index in [0.29, 0.717) is 5.56 Å². The van der Waals surface area contributed by atoms with Crippen molar-refractivity contribution in [2.75, 3.05) is 0 Å². The minimum absolute atomic E-state index is 0.0151. The molecule has 26 heavy (non-hydrogen) atoms. The summed E-state index contributed by atoms with van der Waals surface area (Å²) in [6.45, 7) is 0.0729. The van der Waals surface area contributed by atoms with E-state index in [2.05, 4.69) is 11.1 Å². The van der Waals surface area contributed by atoms with Gasteiger partial charge in [-0.3, -0.25) is 0 Å². The summed E-state index contributed by atoms with van der Waals surface area (Å²) in [5, 5.41) is 9.55. The molecule has 0 atom stereocenters. The topological polar surface area (TPSA) is 63.0 Å². The Balaban J connectivity index is 1.71. The van der Waals surface area contributed by atoms with Gasteiger partial charge >= 0.3 is 5.97 Å². The Labute approximate surface area is 160 Å². The van der Waals surface area contributed by atoms with Crippen molar-refractivity contribution < 1.29 is 9.53 Å². The van der Waals surface area contributed by atoms with E-state index in [9.17, 15) is 10.1 Å². The highest BCUT2D eigenvalue weighted by atomic mass is 35.5. The van der Waals surface area contributed by atoms with Crippen LogP contribution in [-0.4, -0.2) is 11.0 Å². The fourth-order valence-corrected chi connectivity index (χ4v) is 2.72. The molecular weight excluding hydrogens is 371 g/mol. The summed E-state index contributed by atoms with van der Waals surface area (Å²) in [6, 6.07) is 20.0. The van der Waals surface area contributed by atoms with Crippen molar-refractivity contribution >= 4 is 29.2 Å². The number of rotatable bonds is 4. The number of esters is 1. The lowest BCUT2D eigenvalue weighted by molar-refractivity contribution is 0.0466. The van der Waals surface area contributed by atoms with Crippen LogP contribution in [0.4, 0.5) is 0 Å². The Morgan fingerprint density at radius 1 is 1.04 bits per heavy atom. The highest BCUT2D eigenvalue weighted by molar-refractivity contribution is 6.34. The van der Waals surface area contributed by atoms with E-state index in [1.807, 2.05) is 42.5 Å². The molecule has 0 N–H and O–H groups in total. The Morgan fingerprint density at radius 2 is 1.77 bits per heavy atom. The van der Waals surface area contributed by atoms with Crippen molar-refractivity contribution in [3.63, 3.8) is 0 Å². The lowest BCUT2D eigenvalue weighted by Gasteiger charge is -2.08. The molecule has 6 heteroatoms. The zero-order valence-corrected chi connectivity index (χ0v) is 15.0. The molecule has 0 unspecified atom stereocenters. The van der Waals surface area contributed by atoms with Crippen LogP contribution in [0.3, 0.4) is 0 Å². The van der Waals surface area contributed by atoms with E-state index in [-0.39, 0.29) is 22.5 Å². The van der Waals surface area contributed by atoms with Crippen LogP contribution in [0.25, 0.3) is 11.1 Å². The van der Waals surface area contributed by atoms with Crippen LogP contribution in [0.15, 0.2) is 60.7 Å². The largest absolute Gasteiger partial charge is 0.456 e. The highest BCUT2D eigenvalue weighted by Crippen LogP contribution is 2.24. The highest BCUT2D eigenvalue weighted by Gasteiger charge is 2.14. The van der Waals surface area contributed by atoms with E-state index in [0.717, 1.165) is 16.7 Å². The molecule has 0 spiro atoms. The molecule has 128 valence electrons. The number of carbonyl (C=O) groups excluding carboxylic acids is 1. The molecule has 1 heterocycles. The van der Waals surface area contributed by atoms with Gasteiger partial charge in [0.1, 0.15) is 11.8 Å². The smallest absolute Gasteiger partial charge is 0.358 e. The molecule has 0 aliphatic heterocycles. The third-order valence-electron chi connectivity index (χ3n) is 3.69. The van der Waals surface area contributed by atoms with E-state index >= 15 is 0 Å². The Bertz CT molecular complexity index is 995. The van der Waals surface area contributed by atoms with Gasteiger partial charge in [-0.15, -0.1) is 0 Å².